The van der Waals surface area contributed by atoms with Crippen molar-refractivity contribution in [3.63, 3.8) is 0 Å². The first kappa shape index (κ1) is 16.8. The van der Waals surface area contributed by atoms with Crippen molar-refractivity contribution in [1.29, 1.82) is 0 Å². The second kappa shape index (κ2) is 8.76. The lowest BCUT2D eigenvalue weighted by Gasteiger charge is -2.35. The summed E-state index contributed by atoms with van der Waals surface area (Å²) in [5.41, 5.74) is 1.14. The summed E-state index contributed by atoms with van der Waals surface area (Å²) >= 11 is 0. The molecule has 0 aromatic heterocycles. The van der Waals surface area contributed by atoms with Crippen LogP contribution in [0.4, 0.5) is 4.79 Å². The topological polar surface area (TPSA) is 61.8 Å². The molecule has 2 unspecified atom stereocenters. The lowest BCUT2D eigenvalue weighted by atomic mass is 9.96. The fourth-order valence-electron chi connectivity index (χ4n) is 2.84. The van der Waals surface area contributed by atoms with Crippen LogP contribution in [0.15, 0.2) is 30.3 Å². The Morgan fingerprint density at radius 2 is 2.23 bits per heavy atom. The Bertz CT molecular complexity index is 452. The molecule has 1 saturated heterocycles. The van der Waals surface area contributed by atoms with E-state index in [0.717, 1.165) is 12.0 Å². The third-order valence-electron chi connectivity index (χ3n) is 4.21. The quantitative estimate of drug-likeness (QED) is 0.845. The van der Waals surface area contributed by atoms with Gasteiger partial charge in [0, 0.05) is 25.6 Å². The van der Waals surface area contributed by atoms with E-state index in [1.54, 1.807) is 0 Å². The molecule has 2 amide bonds. The van der Waals surface area contributed by atoms with Gasteiger partial charge in [-0.1, -0.05) is 37.3 Å². The number of hydrogen-bond acceptors (Lipinski definition) is 3. The van der Waals surface area contributed by atoms with E-state index in [-0.39, 0.29) is 24.6 Å². The van der Waals surface area contributed by atoms with E-state index in [1.165, 1.54) is 0 Å². The Balaban J connectivity index is 1.92. The summed E-state index contributed by atoms with van der Waals surface area (Å²) in [4.78, 5) is 14.3. The first-order valence-electron chi connectivity index (χ1n) is 8.04. The van der Waals surface area contributed by atoms with E-state index >= 15 is 0 Å². The summed E-state index contributed by atoms with van der Waals surface area (Å²) < 4.78 is 5.43. The zero-order valence-electron chi connectivity index (χ0n) is 13.2. The van der Waals surface area contributed by atoms with Crippen LogP contribution >= 0.6 is 0 Å². The Kier molecular flexibility index (Phi) is 6.68. The molecule has 122 valence electrons. The summed E-state index contributed by atoms with van der Waals surface area (Å²) in [5.74, 6) is 0.135. The summed E-state index contributed by atoms with van der Waals surface area (Å²) in [5, 5.41) is 12.3. The van der Waals surface area contributed by atoms with Crippen molar-refractivity contribution in [2.75, 3.05) is 32.9 Å². The van der Waals surface area contributed by atoms with Crippen molar-refractivity contribution >= 4 is 6.03 Å². The normalized spacial score (nSPS) is 19.7. The average Bonchev–Trinajstić information content (AvgIpc) is 2.59. The average molecular weight is 306 g/mol. The molecule has 2 N–H and O–H groups in total. The molecule has 1 heterocycles. The standard InChI is InChI=1S/C17H26N2O3/c1-2-16-13-22-11-9-19(16)17(21)18-12-15(8-10-20)14-6-4-3-5-7-14/h3-7,15-16,20H,2,8-13H2,1H3,(H,18,21). The number of rotatable bonds is 6. The maximum absolute atomic E-state index is 12.4. The molecular weight excluding hydrogens is 280 g/mol. The third kappa shape index (κ3) is 4.45. The smallest absolute Gasteiger partial charge is 0.317 e. The molecule has 0 saturated carbocycles. The van der Waals surface area contributed by atoms with Gasteiger partial charge in [-0.05, 0) is 18.4 Å². The predicted molar refractivity (Wildman–Crippen MR) is 85.9 cm³/mol. The number of aliphatic hydroxyl groups is 1. The second-order valence-electron chi connectivity index (χ2n) is 5.64. The van der Waals surface area contributed by atoms with Crippen LogP contribution in [0.25, 0.3) is 0 Å². The number of nitrogens with zero attached hydrogens (tertiary/aromatic N) is 1. The van der Waals surface area contributed by atoms with Gasteiger partial charge in [0.15, 0.2) is 0 Å². The number of benzene rings is 1. The van der Waals surface area contributed by atoms with E-state index in [1.807, 2.05) is 35.2 Å². The van der Waals surface area contributed by atoms with Crippen molar-refractivity contribution in [1.82, 2.24) is 10.2 Å². The van der Waals surface area contributed by atoms with Gasteiger partial charge in [0.2, 0.25) is 0 Å². The lowest BCUT2D eigenvalue weighted by Crippen LogP contribution is -2.52. The lowest BCUT2D eigenvalue weighted by molar-refractivity contribution is 0.0112. The number of morpholine rings is 1. The molecular formula is C17H26N2O3. The number of carbonyl (C=O) groups is 1. The number of urea groups is 1. The molecule has 2 rings (SSSR count). The van der Waals surface area contributed by atoms with E-state index in [4.69, 9.17) is 4.74 Å². The number of amides is 2. The number of aliphatic hydroxyl groups excluding tert-OH is 1. The molecule has 22 heavy (non-hydrogen) atoms. The molecule has 5 heteroatoms. The van der Waals surface area contributed by atoms with Crippen molar-refractivity contribution in [3.8, 4) is 0 Å². The van der Waals surface area contributed by atoms with Crippen molar-refractivity contribution in [2.45, 2.75) is 31.7 Å². The highest BCUT2D eigenvalue weighted by molar-refractivity contribution is 5.74. The Morgan fingerprint density at radius 3 is 2.91 bits per heavy atom. The number of ether oxygens (including phenoxy) is 1. The molecule has 5 nitrogen and oxygen atoms in total. The highest BCUT2D eigenvalue weighted by Crippen LogP contribution is 2.18. The van der Waals surface area contributed by atoms with Gasteiger partial charge in [-0.15, -0.1) is 0 Å². The van der Waals surface area contributed by atoms with Gasteiger partial charge in [0.1, 0.15) is 0 Å². The first-order valence-corrected chi connectivity index (χ1v) is 8.04. The molecule has 1 aromatic rings. The van der Waals surface area contributed by atoms with Crippen LogP contribution in [0.3, 0.4) is 0 Å². The molecule has 0 bridgehead atoms. The van der Waals surface area contributed by atoms with Gasteiger partial charge in [-0.2, -0.15) is 0 Å². The van der Waals surface area contributed by atoms with Gasteiger partial charge >= 0.3 is 6.03 Å². The summed E-state index contributed by atoms with van der Waals surface area (Å²) in [6.07, 6.45) is 1.54. The Hall–Kier alpha value is -1.59. The van der Waals surface area contributed by atoms with Gasteiger partial charge in [-0.25, -0.2) is 4.79 Å². The van der Waals surface area contributed by atoms with Crippen LogP contribution in [0.2, 0.25) is 0 Å². The van der Waals surface area contributed by atoms with Crippen LogP contribution in [-0.4, -0.2) is 55.0 Å². The summed E-state index contributed by atoms with van der Waals surface area (Å²) in [6.45, 7) is 4.58. The highest BCUT2D eigenvalue weighted by atomic mass is 16.5. The maximum atomic E-state index is 12.4. The van der Waals surface area contributed by atoms with Crippen molar-refractivity contribution in [2.24, 2.45) is 0 Å². The highest BCUT2D eigenvalue weighted by Gasteiger charge is 2.26. The van der Waals surface area contributed by atoms with E-state index < -0.39 is 0 Å². The third-order valence-corrected chi connectivity index (χ3v) is 4.21. The summed E-state index contributed by atoms with van der Waals surface area (Å²) in [7, 11) is 0. The maximum Gasteiger partial charge on any atom is 0.317 e. The molecule has 0 radical (unpaired) electrons. The zero-order chi connectivity index (χ0) is 15.8. The number of hydrogen-bond donors (Lipinski definition) is 2. The minimum atomic E-state index is -0.0333. The van der Waals surface area contributed by atoms with Crippen LogP contribution in [0.1, 0.15) is 31.2 Å². The molecule has 1 aromatic carbocycles. The van der Waals surface area contributed by atoms with E-state index in [9.17, 15) is 9.90 Å². The molecule has 0 spiro atoms. The van der Waals surface area contributed by atoms with Crippen LogP contribution in [-0.2, 0) is 4.74 Å². The van der Waals surface area contributed by atoms with Gasteiger partial charge in [-0.3, -0.25) is 0 Å². The van der Waals surface area contributed by atoms with E-state index in [0.29, 0.717) is 32.7 Å². The van der Waals surface area contributed by atoms with Crippen molar-refractivity contribution < 1.29 is 14.6 Å². The van der Waals surface area contributed by atoms with Gasteiger partial charge in [0.25, 0.3) is 0 Å². The molecule has 1 aliphatic rings. The largest absolute Gasteiger partial charge is 0.396 e. The molecule has 1 fully saturated rings. The van der Waals surface area contributed by atoms with Crippen molar-refractivity contribution in [3.05, 3.63) is 35.9 Å². The van der Waals surface area contributed by atoms with Gasteiger partial charge < -0.3 is 20.1 Å². The summed E-state index contributed by atoms with van der Waals surface area (Å²) in [6, 6.07) is 10.1. The molecule has 2 atom stereocenters. The minimum Gasteiger partial charge on any atom is -0.396 e. The van der Waals surface area contributed by atoms with E-state index in [2.05, 4.69) is 12.2 Å². The fourth-order valence-corrected chi connectivity index (χ4v) is 2.84. The zero-order valence-corrected chi connectivity index (χ0v) is 13.2. The van der Waals surface area contributed by atoms with Crippen LogP contribution < -0.4 is 5.32 Å². The molecule has 1 aliphatic heterocycles. The monoisotopic (exact) mass is 306 g/mol. The van der Waals surface area contributed by atoms with Crippen LogP contribution in [0, 0.1) is 0 Å². The van der Waals surface area contributed by atoms with Crippen LogP contribution in [0.5, 0.6) is 0 Å². The van der Waals surface area contributed by atoms with Gasteiger partial charge in [0.05, 0.1) is 19.3 Å². The molecule has 0 aliphatic carbocycles. The number of carbonyl (C=O) groups excluding carboxylic acids is 1. The minimum absolute atomic E-state index is 0.0333. The predicted octanol–water partition coefficient (Wildman–Crippen LogP) is 1.97. The number of nitrogens with one attached hydrogen (secondary N) is 1. The second-order valence-corrected chi connectivity index (χ2v) is 5.64. The first-order chi connectivity index (χ1) is 10.8. The Morgan fingerprint density at radius 1 is 1.45 bits per heavy atom. The Labute approximate surface area is 132 Å². The SMILES string of the molecule is CCC1COCCN1C(=O)NCC(CCO)c1ccccc1. The fraction of sp³-hybridized carbons (Fsp3) is 0.588.